The Balaban J connectivity index is 2.00. The standard InChI is InChI=1S/C11H15N3O2/c12-10-7-13-4-1-9(10)11(15)14-8-2-5-16-6-3-8/h1,4,7-8H,2-3,5-6,12H2,(H,14,15). The topological polar surface area (TPSA) is 77.2 Å². The minimum Gasteiger partial charge on any atom is -0.397 e. The number of amides is 1. The van der Waals surface area contributed by atoms with Crippen molar-refractivity contribution in [3.8, 4) is 0 Å². The van der Waals surface area contributed by atoms with Crippen molar-refractivity contribution in [3.63, 3.8) is 0 Å². The number of nitrogens with one attached hydrogen (secondary N) is 1. The minimum absolute atomic E-state index is 0.133. The molecule has 16 heavy (non-hydrogen) atoms. The molecule has 0 atom stereocenters. The third-order valence-corrected chi connectivity index (χ3v) is 2.65. The maximum Gasteiger partial charge on any atom is 0.253 e. The van der Waals surface area contributed by atoms with Crippen molar-refractivity contribution in [2.45, 2.75) is 18.9 Å². The van der Waals surface area contributed by atoms with E-state index in [2.05, 4.69) is 10.3 Å². The Bertz CT molecular complexity index is 375. The normalized spacial score (nSPS) is 17.0. The molecule has 1 fully saturated rings. The lowest BCUT2D eigenvalue weighted by atomic mass is 10.1. The predicted octanol–water partition coefficient (Wildman–Crippen LogP) is 0.573. The summed E-state index contributed by atoms with van der Waals surface area (Å²) in [5.41, 5.74) is 6.58. The van der Waals surface area contributed by atoms with Crippen molar-refractivity contribution in [1.29, 1.82) is 0 Å². The number of carbonyl (C=O) groups excluding carboxylic acids is 1. The summed E-state index contributed by atoms with van der Waals surface area (Å²) in [6.07, 6.45) is 4.77. The zero-order valence-electron chi connectivity index (χ0n) is 8.98. The maximum atomic E-state index is 11.9. The SMILES string of the molecule is Nc1cnccc1C(=O)NC1CCOCC1. The molecule has 1 aliphatic heterocycles. The fourth-order valence-electron chi connectivity index (χ4n) is 1.72. The van der Waals surface area contributed by atoms with Crippen molar-refractivity contribution in [1.82, 2.24) is 10.3 Å². The molecule has 1 amide bonds. The van der Waals surface area contributed by atoms with E-state index in [1.54, 1.807) is 12.3 Å². The van der Waals surface area contributed by atoms with Gasteiger partial charge in [0.1, 0.15) is 0 Å². The molecular weight excluding hydrogens is 206 g/mol. The van der Waals surface area contributed by atoms with Crippen LogP contribution in [0.1, 0.15) is 23.2 Å². The van der Waals surface area contributed by atoms with Gasteiger partial charge >= 0.3 is 0 Å². The van der Waals surface area contributed by atoms with E-state index in [0.29, 0.717) is 24.5 Å². The van der Waals surface area contributed by atoms with Crippen molar-refractivity contribution in [3.05, 3.63) is 24.0 Å². The Morgan fingerprint density at radius 2 is 2.25 bits per heavy atom. The van der Waals surface area contributed by atoms with E-state index in [1.165, 1.54) is 6.20 Å². The maximum absolute atomic E-state index is 11.9. The van der Waals surface area contributed by atoms with Crippen LogP contribution >= 0.6 is 0 Å². The van der Waals surface area contributed by atoms with E-state index in [9.17, 15) is 4.79 Å². The number of nitrogens with two attached hydrogens (primary N) is 1. The highest BCUT2D eigenvalue weighted by molar-refractivity contribution is 5.98. The van der Waals surface area contributed by atoms with Crippen LogP contribution in [0, 0.1) is 0 Å². The Morgan fingerprint density at radius 1 is 1.50 bits per heavy atom. The van der Waals surface area contributed by atoms with Crippen LogP contribution in [0.25, 0.3) is 0 Å². The Hall–Kier alpha value is -1.62. The fourth-order valence-corrected chi connectivity index (χ4v) is 1.72. The average molecular weight is 221 g/mol. The predicted molar refractivity (Wildman–Crippen MR) is 60.0 cm³/mol. The highest BCUT2D eigenvalue weighted by Gasteiger charge is 2.17. The Labute approximate surface area is 94.0 Å². The van der Waals surface area contributed by atoms with Crippen LogP contribution in [-0.2, 0) is 4.74 Å². The lowest BCUT2D eigenvalue weighted by Gasteiger charge is -2.23. The van der Waals surface area contributed by atoms with Gasteiger partial charge in [-0.15, -0.1) is 0 Å². The number of pyridine rings is 1. The molecule has 1 saturated heterocycles. The lowest BCUT2D eigenvalue weighted by Crippen LogP contribution is -2.39. The molecule has 0 aliphatic carbocycles. The number of nitrogens with zero attached hydrogens (tertiary/aromatic N) is 1. The van der Waals surface area contributed by atoms with Gasteiger partial charge in [0.2, 0.25) is 0 Å². The second kappa shape index (κ2) is 4.94. The molecule has 2 rings (SSSR count). The number of anilines is 1. The molecular formula is C11H15N3O2. The summed E-state index contributed by atoms with van der Waals surface area (Å²) in [5.74, 6) is -0.133. The molecule has 0 radical (unpaired) electrons. The quantitative estimate of drug-likeness (QED) is 0.765. The van der Waals surface area contributed by atoms with Crippen LogP contribution in [0.4, 0.5) is 5.69 Å². The number of rotatable bonds is 2. The van der Waals surface area contributed by atoms with Gasteiger partial charge in [-0.2, -0.15) is 0 Å². The van der Waals surface area contributed by atoms with E-state index in [4.69, 9.17) is 10.5 Å². The van der Waals surface area contributed by atoms with Crippen molar-refractivity contribution < 1.29 is 9.53 Å². The molecule has 0 bridgehead atoms. The molecule has 5 nitrogen and oxygen atoms in total. The van der Waals surface area contributed by atoms with Gasteiger partial charge < -0.3 is 15.8 Å². The number of ether oxygens (including phenoxy) is 1. The zero-order chi connectivity index (χ0) is 11.4. The van der Waals surface area contributed by atoms with Gasteiger partial charge in [0, 0.05) is 25.5 Å². The van der Waals surface area contributed by atoms with E-state index >= 15 is 0 Å². The Kier molecular flexibility index (Phi) is 3.36. The second-order valence-corrected chi connectivity index (χ2v) is 3.82. The minimum atomic E-state index is -0.133. The van der Waals surface area contributed by atoms with Crippen LogP contribution in [0.15, 0.2) is 18.5 Å². The third kappa shape index (κ3) is 2.49. The number of carbonyl (C=O) groups is 1. The lowest BCUT2D eigenvalue weighted by molar-refractivity contribution is 0.0697. The largest absolute Gasteiger partial charge is 0.397 e. The van der Waals surface area contributed by atoms with E-state index in [0.717, 1.165) is 12.8 Å². The molecule has 2 heterocycles. The average Bonchev–Trinajstić information content (AvgIpc) is 2.31. The molecule has 1 aromatic heterocycles. The summed E-state index contributed by atoms with van der Waals surface area (Å²) in [4.78, 5) is 15.7. The van der Waals surface area contributed by atoms with E-state index < -0.39 is 0 Å². The van der Waals surface area contributed by atoms with Crippen molar-refractivity contribution in [2.24, 2.45) is 0 Å². The molecule has 1 aliphatic rings. The first-order valence-corrected chi connectivity index (χ1v) is 5.35. The number of nitrogen functional groups attached to an aromatic ring is 1. The monoisotopic (exact) mass is 221 g/mol. The van der Waals surface area contributed by atoms with Crippen LogP contribution in [-0.4, -0.2) is 30.1 Å². The van der Waals surface area contributed by atoms with Gasteiger partial charge in [0.25, 0.3) is 5.91 Å². The summed E-state index contributed by atoms with van der Waals surface area (Å²) in [5, 5.41) is 2.95. The fraction of sp³-hybridized carbons (Fsp3) is 0.455. The molecule has 3 N–H and O–H groups in total. The Morgan fingerprint density at radius 3 is 2.94 bits per heavy atom. The molecule has 0 spiro atoms. The van der Waals surface area contributed by atoms with Crippen molar-refractivity contribution in [2.75, 3.05) is 18.9 Å². The highest BCUT2D eigenvalue weighted by Crippen LogP contribution is 2.11. The molecule has 0 aromatic carbocycles. The van der Waals surface area contributed by atoms with Gasteiger partial charge in [-0.3, -0.25) is 9.78 Å². The first-order chi connectivity index (χ1) is 7.77. The van der Waals surface area contributed by atoms with Gasteiger partial charge in [-0.25, -0.2) is 0 Å². The van der Waals surface area contributed by atoms with Gasteiger partial charge in [-0.1, -0.05) is 0 Å². The smallest absolute Gasteiger partial charge is 0.253 e. The van der Waals surface area contributed by atoms with Crippen LogP contribution < -0.4 is 11.1 Å². The number of hydrogen-bond donors (Lipinski definition) is 2. The molecule has 86 valence electrons. The molecule has 5 heteroatoms. The molecule has 0 saturated carbocycles. The molecule has 1 aromatic rings. The van der Waals surface area contributed by atoms with Crippen LogP contribution in [0.2, 0.25) is 0 Å². The van der Waals surface area contributed by atoms with Crippen molar-refractivity contribution >= 4 is 11.6 Å². The molecule has 0 unspecified atom stereocenters. The van der Waals surface area contributed by atoms with Gasteiger partial charge in [0.15, 0.2) is 0 Å². The van der Waals surface area contributed by atoms with E-state index in [1.807, 2.05) is 0 Å². The van der Waals surface area contributed by atoms with Crippen LogP contribution in [0.5, 0.6) is 0 Å². The first kappa shape index (κ1) is 10.9. The summed E-state index contributed by atoms with van der Waals surface area (Å²) in [6.45, 7) is 1.41. The van der Waals surface area contributed by atoms with E-state index in [-0.39, 0.29) is 11.9 Å². The van der Waals surface area contributed by atoms with Gasteiger partial charge in [-0.05, 0) is 18.9 Å². The summed E-state index contributed by atoms with van der Waals surface area (Å²) in [7, 11) is 0. The van der Waals surface area contributed by atoms with Crippen LogP contribution in [0.3, 0.4) is 0 Å². The number of hydrogen-bond acceptors (Lipinski definition) is 4. The second-order valence-electron chi connectivity index (χ2n) is 3.82. The highest BCUT2D eigenvalue weighted by atomic mass is 16.5. The summed E-state index contributed by atoms with van der Waals surface area (Å²) >= 11 is 0. The summed E-state index contributed by atoms with van der Waals surface area (Å²) in [6, 6.07) is 1.82. The third-order valence-electron chi connectivity index (χ3n) is 2.65. The van der Waals surface area contributed by atoms with Gasteiger partial charge in [0.05, 0.1) is 17.4 Å². The first-order valence-electron chi connectivity index (χ1n) is 5.35. The number of aromatic nitrogens is 1. The zero-order valence-corrected chi connectivity index (χ0v) is 8.98. The summed E-state index contributed by atoms with van der Waals surface area (Å²) < 4.78 is 5.22.